The van der Waals surface area contributed by atoms with Crippen LogP contribution in [0.15, 0.2) is 42.5 Å². The lowest BCUT2D eigenvalue weighted by molar-refractivity contribution is 0.102. The average Bonchev–Trinajstić information content (AvgIpc) is 2.32. The summed E-state index contributed by atoms with van der Waals surface area (Å²) < 4.78 is 1.01. The van der Waals surface area contributed by atoms with Gasteiger partial charge >= 0.3 is 0 Å². The molecule has 2 rings (SSSR count). The van der Waals surface area contributed by atoms with E-state index in [0.29, 0.717) is 10.7 Å². The van der Waals surface area contributed by atoms with E-state index in [9.17, 15) is 9.90 Å². The second kappa shape index (κ2) is 5.58. The molecule has 0 heterocycles. The average molecular weight is 374 g/mol. The van der Waals surface area contributed by atoms with Gasteiger partial charge in [0, 0.05) is 14.3 Å². The van der Waals surface area contributed by atoms with E-state index in [1.165, 1.54) is 18.2 Å². The second-order valence-electron chi connectivity index (χ2n) is 3.63. The molecule has 0 aromatic heterocycles. The molecule has 0 saturated carbocycles. The summed E-state index contributed by atoms with van der Waals surface area (Å²) >= 11 is 7.95. The number of hydrogen-bond acceptors (Lipinski definition) is 2. The number of carbonyl (C=O) groups is 1. The quantitative estimate of drug-likeness (QED) is 0.784. The minimum absolute atomic E-state index is 0.0949. The Kier molecular flexibility index (Phi) is 4.08. The minimum Gasteiger partial charge on any atom is -0.507 e. The van der Waals surface area contributed by atoms with Crippen LogP contribution in [0.5, 0.6) is 5.75 Å². The third-order valence-corrected chi connectivity index (χ3v) is 3.19. The SMILES string of the molecule is O=C(Nc1cccc(I)c1)c1cc(Cl)ccc1O. The minimum atomic E-state index is -0.392. The number of aromatic hydroxyl groups is 1. The first-order valence-electron chi connectivity index (χ1n) is 5.12. The van der Waals surface area contributed by atoms with Gasteiger partial charge in [0.1, 0.15) is 5.75 Å². The summed E-state index contributed by atoms with van der Waals surface area (Å²) in [7, 11) is 0. The largest absolute Gasteiger partial charge is 0.507 e. The molecule has 2 N–H and O–H groups in total. The highest BCUT2D eigenvalue weighted by molar-refractivity contribution is 14.1. The summed E-state index contributed by atoms with van der Waals surface area (Å²) in [5.41, 5.74) is 0.827. The Hall–Kier alpha value is -1.27. The lowest BCUT2D eigenvalue weighted by Gasteiger charge is -2.07. The molecule has 0 unspecified atom stereocenters. The number of hydrogen-bond donors (Lipinski definition) is 2. The van der Waals surface area contributed by atoms with E-state index in [0.717, 1.165) is 3.57 Å². The van der Waals surface area contributed by atoms with Crippen LogP contribution >= 0.6 is 34.2 Å². The van der Waals surface area contributed by atoms with Crippen LogP contribution in [0.3, 0.4) is 0 Å². The first kappa shape index (κ1) is 13.2. The van der Waals surface area contributed by atoms with Crippen molar-refractivity contribution in [3.63, 3.8) is 0 Å². The fourth-order valence-corrected chi connectivity index (χ4v) is 2.17. The van der Waals surface area contributed by atoms with Gasteiger partial charge in [0.25, 0.3) is 5.91 Å². The zero-order valence-corrected chi connectivity index (χ0v) is 12.1. The standard InChI is InChI=1S/C13H9ClINO2/c14-8-4-5-12(17)11(6-8)13(18)16-10-3-1-2-9(15)7-10/h1-7,17H,(H,16,18). The number of benzene rings is 2. The maximum Gasteiger partial charge on any atom is 0.259 e. The second-order valence-corrected chi connectivity index (χ2v) is 5.31. The highest BCUT2D eigenvalue weighted by atomic mass is 127. The van der Waals surface area contributed by atoms with Gasteiger partial charge in [-0.15, -0.1) is 0 Å². The molecule has 2 aromatic rings. The maximum absolute atomic E-state index is 12.0. The number of nitrogens with one attached hydrogen (secondary N) is 1. The van der Waals surface area contributed by atoms with Crippen molar-refractivity contribution in [1.29, 1.82) is 0 Å². The first-order chi connectivity index (χ1) is 8.56. The van der Waals surface area contributed by atoms with Crippen LogP contribution in [0.4, 0.5) is 5.69 Å². The van der Waals surface area contributed by atoms with Crippen LogP contribution in [0.1, 0.15) is 10.4 Å². The molecule has 0 spiro atoms. The van der Waals surface area contributed by atoms with Crippen LogP contribution in [0.2, 0.25) is 5.02 Å². The Morgan fingerprint density at radius 1 is 1.22 bits per heavy atom. The van der Waals surface area contributed by atoms with Crippen molar-refractivity contribution in [2.75, 3.05) is 5.32 Å². The Morgan fingerprint density at radius 2 is 2.00 bits per heavy atom. The first-order valence-corrected chi connectivity index (χ1v) is 6.57. The summed E-state index contributed by atoms with van der Waals surface area (Å²) in [4.78, 5) is 12.0. The van der Waals surface area contributed by atoms with Crippen LogP contribution in [0.25, 0.3) is 0 Å². The number of carbonyl (C=O) groups excluding carboxylic acids is 1. The molecular weight excluding hydrogens is 365 g/mol. The molecule has 5 heteroatoms. The van der Waals surface area contributed by atoms with Crippen molar-refractivity contribution in [1.82, 2.24) is 0 Å². The fourth-order valence-electron chi connectivity index (χ4n) is 1.45. The van der Waals surface area contributed by atoms with E-state index >= 15 is 0 Å². The van der Waals surface area contributed by atoms with Gasteiger partial charge < -0.3 is 10.4 Å². The van der Waals surface area contributed by atoms with Crippen LogP contribution in [0, 0.1) is 3.57 Å². The van der Waals surface area contributed by atoms with Gasteiger partial charge in [-0.3, -0.25) is 4.79 Å². The van der Waals surface area contributed by atoms with Crippen molar-refractivity contribution < 1.29 is 9.90 Å². The monoisotopic (exact) mass is 373 g/mol. The van der Waals surface area contributed by atoms with E-state index in [2.05, 4.69) is 27.9 Å². The molecule has 1 amide bonds. The summed E-state index contributed by atoms with van der Waals surface area (Å²) in [5.74, 6) is -0.487. The van der Waals surface area contributed by atoms with Crippen molar-refractivity contribution in [2.24, 2.45) is 0 Å². The third kappa shape index (κ3) is 3.14. The molecule has 0 aliphatic heterocycles. The maximum atomic E-state index is 12.0. The lowest BCUT2D eigenvalue weighted by atomic mass is 10.2. The van der Waals surface area contributed by atoms with Crippen LogP contribution in [-0.4, -0.2) is 11.0 Å². The van der Waals surface area contributed by atoms with Gasteiger partial charge in [-0.2, -0.15) is 0 Å². The third-order valence-electron chi connectivity index (χ3n) is 2.29. The molecule has 0 aliphatic carbocycles. The van der Waals surface area contributed by atoms with Crippen molar-refractivity contribution in [3.05, 3.63) is 56.6 Å². The molecular formula is C13H9ClINO2. The van der Waals surface area contributed by atoms with Gasteiger partial charge in [-0.05, 0) is 59.0 Å². The van der Waals surface area contributed by atoms with E-state index in [4.69, 9.17) is 11.6 Å². The number of phenols is 1. The van der Waals surface area contributed by atoms with Crippen molar-refractivity contribution >= 4 is 45.8 Å². The van der Waals surface area contributed by atoms with E-state index < -0.39 is 5.91 Å². The van der Waals surface area contributed by atoms with Crippen LogP contribution < -0.4 is 5.32 Å². The molecule has 0 atom stereocenters. The lowest BCUT2D eigenvalue weighted by Crippen LogP contribution is -2.12. The number of halogens is 2. The number of rotatable bonds is 2. The van der Waals surface area contributed by atoms with Gasteiger partial charge in [0.2, 0.25) is 0 Å². The van der Waals surface area contributed by atoms with E-state index in [-0.39, 0.29) is 11.3 Å². The van der Waals surface area contributed by atoms with Crippen LogP contribution in [-0.2, 0) is 0 Å². The van der Waals surface area contributed by atoms with Gasteiger partial charge in [0.15, 0.2) is 0 Å². The fraction of sp³-hybridized carbons (Fsp3) is 0. The molecule has 92 valence electrons. The molecule has 0 radical (unpaired) electrons. The van der Waals surface area contributed by atoms with Gasteiger partial charge in [-0.1, -0.05) is 17.7 Å². The van der Waals surface area contributed by atoms with E-state index in [1.807, 2.05) is 18.2 Å². The summed E-state index contributed by atoms with van der Waals surface area (Å²) in [6.45, 7) is 0. The van der Waals surface area contributed by atoms with E-state index in [1.54, 1.807) is 6.07 Å². The zero-order chi connectivity index (χ0) is 13.1. The molecule has 0 bridgehead atoms. The topological polar surface area (TPSA) is 49.3 Å². The Bertz CT molecular complexity index is 601. The molecule has 0 fully saturated rings. The smallest absolute Gasteiger partial charge is 0.259 e. The number of phenolic OH excluding ortho intramolecular Hbond substituents is 1. The number of amides is 1. The summed E-state index contributed by atoms with van der Waals surface area (Å²) in [6.07, 6.45) is 0. The molecule has 3 nitrogen and oxygen atoms in total. The predicted molar refractivity (Wildman–Crippen MR) is 80.2 cm³/mol. The van der Waals surface area contributed by atoms with Gasteiger partial charge in [0.05, 0.1) is 5.56 Å². The van der Waals surface area contributed by atoms with Crippen molar-refractivity contribution in [3.8, 4) is 5.75 Å². The highest BCUT2D eigenvalue weighted by Crippen LogP contribution is 2.23. The zero-order valence-electron chi connectivity index (χ0n) is 9.15. The molecule has 2 aromatic carbocycles. The highest BCUT2D eigenvalue weighted by Gasteiger charge is 2.11. The van der Waals surface area contributed by atoms with Crippen molar-refractivity contribution in [2.45, 2.75) is 0 Å². The predicted octanol–water partition coefficient (Wildman–Crippen LogP) is 3.90. The summed E-state index contributed by atoms with van der Waals surface area (Å²) in [6, 6.07) is 11.7. The Balaban J connectivity index is 2.24. The summed E-state index contributed by atoms with van der Waals surface area (Å²) in [5, 5.41) is 12.7. The normalized spacial score (nSPS) is 10.1. The Morgan fingerprint density at radius 3 is 2.72 bits per heavy atom. The molecule has 18 heavy (non-hydrogen) atoms. The Labute approximate surface area is 123 Å². The van der Waals surface area contributed by atoms with Gasteiger partial charge in [-0.25, -0.2) is 0 Å². The molecule has 0 aliphatic rings. The number of anilines is 1. The molecule has 0 saturated heterocycles.